The highest BCUT2D eigenvalue weighted by Crippen LogP contribution is 2.29. The molecule has 0 aliphatic carbocycles. The van der Waals surface area contributed by atoms with E-state index in [4.69, 9.17) is 23.2 Å². The number of rotatable bonds is 3. The predicted molar refractivity (Wildman–Crippen MR) is 122 cm³/mol. The summed E-state index contributed by atoms with van der Waals surface area (Å²) in [4.78, 5) is 31.8. The lowest BCUT2D eigenvalue weighted by Crippen LogP contribution is -2.53. The molecule has 2 aliphatic rings. The van der Waals surface area contributed by atoms with Crippen molar-refractivity contribution in [2.75, 3.05) is 44.2 Å². The third kappa shape index (κ3) is 4.75. The van der Waals surface area contributed by atoms with Crippen LogP contribution in [-0.2, 0) is 4.79 Å². The summed E-state index contributed by atoms with van der Waals surface area (Å²) in [6.45, 7) is 3.58. The number of benzene rings is 2. The number of hydrogen-bond donors (Lipinski definition) is 1. The lowest BCUT2D eigenvalue weighted by atomic mass is 9.95. The summed E-state index contributed by atoms with van der Waals surface area (Å²) in [5.74, 6) is 0.0344. The summed E-state index contributed by atoms with van der Waals surface area (Å²) in [7, 11) is 0. The zero-order valence-corrected chi connectivity index (χ0v) is 18.6. The molecule has 0 bridgehead atoms. The number of halogens is 2. The summed E-state index contributed by atoms with van der Waals surface area (Å²) in [6.07, 6.45) is 1.57. The van der Waals surface area contributed by atoms with Crippen LogP contribution in [0.4, 0.5) is 5.69 Å². The topological polar surface area (TPSA) is 64.1 Å². The zero-order valence-electron chi connectivity index (χ0n) is 17.1. The van der Waals surface area contributed by atoms with Gasteiger partial charge >= 0.3 is 0 Å². The Hall–Kier alpha value is -2.44. The molecule has 2 aromatic rings. The van der Waals surface area contributed by atoms with Gasteiger partial charge in [0.05, 0.1) is 21.7 Å². The maximum absolute atomic E-state index is 13.1. The second-order valence-electron chi connectivity index (χ2n) is 8.02. The fourth-order valence-corrected chi connectivity index (χ4v) is 4.63. The molecule has 1 atom stereocenters. The van der Waals surface area contributed by atoms with Crippen LogP contribution in [0.5, 0.6) is 5.75 Å². The van der Waals surface area contributed by atoms with Crippen LogP contribution >= 0.6 is 23.2 Å². The van der Waals surface area contributed by atoms with Gasteiger partial charge in [0.2, 0.25) is 5.91 Å². The molecule has 1 N–H and O–H groups in total. The number of nitrogens with zero attached hydrogens (tertiary/aromatic N) is 3. The Morgan fingerprint density at radius 1 is 0.903 bits per heavy atom. The van der Waals surface area contributed by atoms with Crippen molar-refractivity contribution in [3.63, 3.8) is 0 Å². The van der Waals surface area contributed by atoms with E-state index in [2.05, 4.69) is 4.90 Å². The second-order valence-corrected chi connectivity index (χ2v) is 8.83. The van der Waals surface area contributed by atoms with E-state index in [1.807, 2.05) is 17.0 Å². The van der Waals surface area contributed by atoms with Crippen LogP contribution in [0.2, 0.25) is 10.0 Å². The number of carbonyl (C=O) groups excluding carboxylic acids is 2. The van der Waals surface area contributed by atoms with E-state index >= 15 is 0 Å². The minimum Gasteiger partial charge on any atom is -0.506 e. The Balaban J connectivity index is 1.36. The molecule has 6 nitrogen and oxygen atoms in total. The van der Waals surface area contributed by atoms with Crippen molar-refractivity contribution < 1.29 is 14.7 Å². The summed E-state index contributed by atoms with van der Waals surface area (Å²) < 4.78 is 0. The van der Waals surface area contributed by atoms with E-state index in [0.29, 0.717) is 54.9 Å². The van der Waals surface area contributed by atoms with Crippen LogP contribution < -0.4 is 4.90 Å². The number of phenols is 1. The molecule has 0 saturated carbocycles. The minimum absolute atomic E-state index is 0.101. The normalized spacial score (nSPS) is 19.4. The number of phenolic OH excluding ortho intramolecular Hbond substituents is 1. The summed E-state index contributed by atoms with van der Waals surface area (Å²) >= 11 is 12.0. The molecule has 2 aliphatic heterocycles. The molecule has 1 unspecified atom stereocenters. The fraction of sp³-hybridized carbons (Fsp3) is 0.391. The Labute approximate surface area is 191 Å². The average molecular weight is 462 g/mol. The highest BCUT2D eigenvalue weighted by atomic mass is 35.5. The van der Waals surface area contributed by atoms with Crippen molar-refractivity contribution >= 4 is 40.7 Å². The van der Waals surface area contributed by atoms with Crippen LogP contribution in [0.25, 0.3) is 0 Å². The lowest BCUT2D eigenvalue weighted by molar-refractivity contribution is -0.137. The predicted octanol–water partition coefficient (Wildman–Crippen LogP) is 3.90. The minimum atomic E-state index is -0.197. The molecule has 0 aromatic heterocycles. The molecule has 4 rings (SSSR count). The van der Waals surface area contributed by atoms with E-state index < -0.39 is 0 Å². The van der Waals surface area contributed by atoms with E-state index in [1.165, 1.54) is 0 Å². The molecule has 8 heteroatoms. The number of anilines is 1. The van der Waals surface area contributed by atoms with Crippen LogP contribution in [0, 0.1) is 5.92 Å². The molecule has 0 spiro atoms. The van der Waals surface area contributed by atoms with E-state index in [-0.39, 0.29) is 23.5 Å². The van der Waals surface area contributed by atoms with Gasteiger partial charge in [0.15, 0.2) is 0 Å². The largest absolute Gasteiger partial charge is 0.506 e. The van der Waals surface area contributed by atoms with E-state index in [0.717, 1.165) is 18.5 Å². The number of hydrogen-bond acceptors (Lipinski definition) is 4. The maximum Gasteiger partial charge on any atom is 0.253 e. The van der Waals surface area contributed by atoms with Crippen LogP contribution in [-0.4, -0.2) is 66.0 Å². The van der Waals surface area contributed by atoms with Crippen LogP contribution in [0.15, 0.2) is 42.5 Å². The van der Waals surface area contributed by atoms with Crippen molar-refractivity contribution in [2.24, 2.45) is 5.92 Å². The van der Waals surface area contributed by atoms with Crippen molar-refractivity contribution in [1.29, 1.82) is 0 Å². The quantitative estimate of drug-likeness (QED) is 0.752. The van der Waals surface area contributed by atoms with E-state index in [1.54, 1.807) is 35.2 Å². The zero-order chi connectivity index (χ0) is 22.0. The fourth-order valence-electron chi connectivity index (χ4n) is 4.33. The number of piperazine rings is 1. The third-order valence-corrected chi connectivity index (χ3v) is 6.78. The summed E-state index contributed by atoms with van der Waals surface area (Å²) in [5, 5.41) is 10.8. The van der Waals surface area contributed by atoms with Gasteiger partial charge < -0.3 is 19.8 Å². The Bertz CT molecular complexity index is 976. The highest BCUT2D eigenvalue weighted by Gasteiger charge is 2.33. The standard InChI is InChI=1S/C23H25Cl2N3O3/c24-18-8-7-16(14-19(18)25)22(30)28-9-3-4-17(15-28)23(31)27-12-10-26(11-13-27)20-5-1-2-6-21(20)29/h1-2,5-8,14,17,29H,3-4,9-13,15H2. The Morgan fingerprint density at radius 3 is 2.35 bits per heavy atom. The van der Waals surface area contributed by atoms with Gasteiger partial charge in [-0.15, -0.1) is 0 Å². The molecule has 0 radical (unpaired) electrons. The third-order valence-electron chi connectivity index (χ3n) is 6.04. The monoisotopic (exact) mass is 461 g/mol. The van der Waals surface area contributed by atoms with Gasteiger partial charge in [-0.05, 0) is 43.2 Å². The van der Waals surface area contributed by atoms with Gasteiger partial charge in [0.1, 0.15) is 5.75 Å². The number of carbonyl (C=O) groups is 2. The molecule has 2 saturated heterocycles. The number of amides is 2. The lowest BCUT2D eigenvalue weighted by Gasteiger charge is -2.39. The number of para-hydroxylation sites is 2. The molecule has 2 heterocycles. The summed E-state index contributed by atoms with van der Waals surface area (Å²) in [6, 6.07) is 12.1. The molecule has 31 heavy (non-hydrogen) atoms. The van der Waals surface area contributed by atoms with Gasteiger partial charge in [-0.2, -0.15) is 0 Å². The molecular formula is C23H25Cl2N3O3. The Kier molecular flexibility index (Phi) is 6.58. The van der Waals surface area contributed by atoms with Gasteiger partial charge in [-0.25, -0.2) is 0 Å². The molecular weight excluding hydrogens is 437 g/mol. The number of piperidine rings is 1. The first-order chi connectivity index (χ1) is 14.9. The first-order valence-electron chi connectivity index (χ1n) is 10.5. The SMILES string of the molecule is O=C(c1ccc(Cl)c(Cl)c1)N1CCCC(C(=O)N2CCN(c3ccccc3O)CC2)C1. The maximum atomic E-state index is 13.1. The first-order valence-corrected chi connectivity index (χ1v) is 11.3. The number of aromatic hydroxyl groups is 1. The highest BCUT2D eigenvalue weighted by molar-refractivity contribution is 6.42. The number of likely N-dealkylation sites (tertiary alicyclic amines) is 1. The van der Waals surface area contributed by atoms with Crippen LogP contribution in [0.1, 0.15) is 23.2 Å². The van der Waals surface area contributed by atoms with Gasteiger partial charge in [-0.3, -0.25) is 9.59 Å². The van der Waals surface area contributed by atoms with Crippen molar-refractivity contribution in [3.05, 3.63) is 58.1 Å². The second kappa shape index (κ2) is 9.37. The van der Waals surface area contributed by atoms with Gasteiger partial charge in [0, 0.05) is 44.8 Å². The van der Waals surface area contributed by atoms with Crippen molar-refractivity contribution in [3.8, 4) is 5.75 Å². The first kappa shape index (κ1) is 21.8. The molecule has 164 valence electrons. The van der Waals surface area contributed by atoms with Crippen LogP contribution in [0.3, 0.4) is 0 Å². The molecule has 2 fully saturated rings. The molecule has 2 amide bonds. The van der Waals surface area contributed by atoms with Gasteiger partial charge in [0.25, 0.3) is 5.91 Å². The average Bonchev–Trinajstić information content (AvgIpc) is 2.80. The Morgan fingerprint density at radius 2 is 1.65 bits per heavy atom. The van der Waals surface area contributed by atoms with Crippen molar-refractivity contribution in [1.82, 2.24) is 9.80 Å². The van der Waals surface area contributed by atoms with Gasteiger partial charge in [-0.1, -0.05) is 35.3 Å². The van der Waals surface area contributed by atoms with E-state index in [9.17, 15) is 14.7 Å². The van der Waals surface area contributed by atoms with Crippen molar-refractivity contribution in [2.45, 2.75) is 12.8 Å². The summed E-state index contributed by atoms with van der Waals surface area (Å²) in [5.41, 5.74) is 1.28. The smallest absolute Gasteiger partial charge is 0.253 e. The molecule has 2 aromatic carbocycles.